The van der Waals surface area contributed by atoms with E-state index in [1.807, 2.05) is 0 Å². The molecule has 3 aromatic rings. The summed E-state index contributed by atoms with van der Waals surface area (Å²) >= 11 is 0. The van der Waals surface area contributed by atoms with Crippen molar-refractivity contribution in [3.05, 3.63) is 59.9 Å². The molecule has 12 heteroatoms. The molecular formula is C20H17F3N6O3. The number of pyridine rings is 1. The van der Waals surface area contributed by atoms with Gasteiger partial charge in [0.05, 0.1) is 0 Å². The number of hydrogen-bond donors (Lipinski definition) is 3. The molecule has 1 atom stereocenters. The summed E-state index contributed by atoms with van der Waals surface area (Å²) in [6.07, 6.45) is -3.44. The molecule has 0 aliphatic rings. The lowest BCUT2D eigenvalue weighted by atomic mass is 10.2. The number of alkyl halides is 3. The number of carbonyl (C=O) groups is 2. The summed E-state index contributed by atoms with van der Waals surface area (Å²) in [6.45, 7) is 1.51. The molecule has 0 radical (unpaired) electrons. The lowest BCUT2D eigenvalue weighted by molar-refractivity contribution is -0.138. The molecule has 0 saturated carbocycles. The number of anilines is 1. The largest absolute Gasteiger partial charge is 0.438 e. The zero-order valence-corrected chi connectivity index (χ0v) is 16.6. The first kappa shape index (κ1) is 22.5. The number of nitrogens with two attached hydrogens (primary N) is 2. The summed E-state index contributed by atoms with van der Waals surface area (Å²) in [5, 5.41) is 2.74. The molecule has 0 spiro atoms. The lowest BCUT2D eigenvalue weighted by Gasteiger charge is -2.13. The van der Waals surface area contributed by atoms with Crippen LogP contribution in [0, 0.1) is 0 Å². The van der Waals surface area contributed by atoms with Gasteiger partial charge in [-0.3, -0.25) is 9.59 Å². The number of ether oxygens (including phenoxy) is 1. The van der Waals surface area contributed by atoms with Gasteiger partial charge in [-0.2, -0.15) is 13.2 Å². The van der Waals surface area contributed by atoms with Crippen molar-refractivity contribution in [3.8, 4) is 23.0 Å². The van der Waals surface area contributed by atoms with Gasteiger partial charge in [0.2, 0.25) is 11.8 Å². The molecule has 3 rings (SSSR count). The van der Waals surface area contributed by atoms with E-state index in [2.05, 4.69) is 20.3 Å². The van der Waals surface area contributed by atoms with E-state index in [1.54, 1.807) is 0 Å². The Balaban J connectivity index is 1.90. The van der Waals surface area contributed by atoms with Crippen molar-refractivity contribution in [3.63, 3.8) is 0 Å². The third kappa shape index (κ3) is 5.28. The Bertz CT molecular complexity index is 1150. The van der Waals surface area contributed by atoms with Crippen LogP contribution in [0.5, 0.6) is 11.6 Å². The molecule has 2 aromatic heterocycles. The maximum atomic E-state index is 13.1. The van der Waals surface area contributed by atoms with Crippen molar-refractivity contribution in [2.24, 2.45) is 11.5 Å². The first-order valence-corrected chi connectivity index (χ1v) is 9.10. The molecule has 0 aliphatic carbocycles. The second-order valence-electron chi connectivity index (χ2n) is 6.57. The molecule has 5 N–H and O–H groups in total. The van der Waals surface area contributed by atoms with Gasteiger partial charge in [0.25, 0.3) is 5.91 Å². The normalized spacial score (nSPS) is 12.1. The van der Waals surface area contributed by atoms with Crippen LogP contribution in [0.15, 0.2) is 48.7 Å². The minimum Gasteiger partial charge on any atom is -0.438 e. The van der Waals surface area contributed by atoms with Gasteiger partial charge in [-0.15, -0.1) is 0 Å². The maximum Gasteiger partial charge on any atom is 0.421 e. The number of rotatable bonds is 7. The van der Waals surface area contributed by atoms with E-state index in [9.17, 15) is 22.8 Å². The fraction of sp³-hybridized carbons (Fsp3) is 0.150. The van der Waals surface area contributed by atoms with E-state index in [0.717, 1.165) is 12.1 Å². The van der Waals surface area contributed by atoms with Gasteiger partial charge in [0, 0.05) is 17.8 Å². The van der Waals surface area contributed by atoms with Crippen molar-refractivity contribution in [2.75, 3.05) is 5.32 Å². The predicted octanol–water partition coefficient (Wildman–Crippen LogP) is 2.73. The number of halogens is 3. The molecule has 9 nitrogen and oxygen atoms in total. The highest BCUT2D eigenvalue weighted by molar-refractivity contribution is 5.92. The van der Waals surface area contributed by atoms with E-state index >= 15 is 0 Å². The Morgan fingerprint density at radius 2 is 1.78 bits per heavy atom. The Labute approximate surface area is 179 Å². The van der Waals surface area contributed by atoms with Crippen molar-refractivity contribution >= 4 is 17.6 Å². The Morgan fingerprint density at radius 3 is 2.38 bits per heavy atom. The summed E-state index contributed by atoms with van der Waals surface area (Å²) in [5.41, 5.74) is 9.82. The number of nitrogens with one attached hydrogen (secondary N) is 1. The van der Waals surface area contributed by atoms with Crippen LogP contribution in [-0.4, -0.2) is 32.8 Å². The number of benzene rings is 1. The summed E-state index contributed by atoms with van der Waals surface area (Å²) in [5.74, 6) is -1.74. The SMILES string of the molecule is C[C@H](Nc1cc(C(N)=O)nc(-c2ccc(Oc3ncccc3C(F)(F)F)cc2)n1)C(N)=O. The minimum atomic E-state index is -4.63. The first-order valence-electron chi connectivity index (χ1n) is 9.10. The molecule has 166 valence electrons. The second kappa shape index (κ2) is 8.88. The smallest absolute Gasteiger partial charge is 0.421 e. The molecule has 32 heavy (non-hydrogen) atoms. The maximum absolute atomic E-state index is 13.1. The molecular weight excluding hydrogens is 429 g/mol. The molecule has 0 unspecified atom stereocenters. The van der Waals surface area contributed by atoms with Gasteiger partial charge in [0.15, 0.2) is 5.82 Å². The zero-order chi connectivity index (χ0) is 23.5. The third-order valence-corrected chi connectivity index (χ3v) is 4.17. The highest BCUT2D eigenvalue weighted by atomic mass is 19.4. The first-order chi connectivity index (χ1) is 15.0. The Hall–Kier alpha value is -4.22. The standard InChI is InChI=1S/C20H17F3N6O3/c1-10(16(24)30)27-15-9-14(17(25)31)28-18(29-15)11-4-6-12(7-5-11)32-19-13(20(21,22)23)3-2-8-26-19/h2-10H,1H3,(H2,24,30)(H2,25,31)(H,27,28,29)/t10-/m0/s1. The van der Waals surface area contributed by atoms with Crippen molar-refractivity contribution in [1.82, 2.24) is 15.0 Å². The summed E-state index contributed by atoms with van der Waals surface area (Å²) < 4.78 is 44.6. The lowest BCUT2D eigenvalue weighted by Crippen LogP contribution is -2.33. The van der Waals surface area contributed by atoms with Crippen LogP contribution in [0.3, 0.4) is 0 Å². The summed E-state index contributed by atoms with van der Waals surface area (Å²) in [7, 11) is 0. The average molecular weight is 446 g/mol. The fourth-order valence-corrected chi connectivity index (χ4v) is 2.54. The van der Waals surface area contributed by atoms with E-state index in [1.165, 1.54) is 43.5 Å². The van der Waals surface area contributed by atoms with Crippen LogP contribution < -0.4 is 21.5 Å². The van der Waals surface area contributed by atoms with E-state index in [4.69, 9.17) is 16.2 Å². The number of primary amides is 2. The number of amides is 2. The van der Waals surface area contributed by atoms with Gasteiger partial charge < -0.3 is 21.5 Å². The number of hydrogen-bond acceptors (Lipinski definition) is 7. The topological polar surface area (TPSA) is 146 Å². The second-order valence-corrected chi connectivity index (χ2v) is 6.57. The highest BCUT2D eigenvalue weighted by Crippen LogP contribution is 2.36. The number of carbonyl (C=O) groups excluding carboxylic acids is 2. The molecule has 0 saturated heterocycles. The van der Waals surface area contributed by atoms with Crippen molar-refractivity contribution < 1.29 is 27.5 Å². The quantitative estimate of drug-likeness (QED) is 0.506. The predicted molar refractivity (Wildman–Crippen MR) is 108 cm³/mol. The van der Waals surface area contributed by atoms with Gasteiger partial charge in [-0.1, -0.05) is 0 Å². The van der Waals surface area contributed by atoms with Gasteiger partial charge in [-0.05, 0) is 43.3 Å². The zero-order valence-electron chi connectivity index (χ0n) is 16.6. The van der Waals surface area contributed by atoms with Crippen LogP contribution >= 0.6 is 0 Å². The Kier molecular flexibility index (Phi) is 6.23. The van der Waals surface area contributed by atoms with E-state index in [-0.39, 0.29) is 23.1 Å². The molecule has 0 bridgehead atoms. The minimum absolute atomic E-state index is 0.0841. The number of aromatic nitrogens is 3. The van der Waals surface area contributed by atoms with E-state index < -0.39 is 35.5 Å². The van der Waals surface area contributed by atoms with Gasteiger partial charge in [0.1, 0.15) is 28.9 Å². The number of nitrogens with zero attached hydrogens (tertiary/aromatic N) is 3. The third-order valence-electron chi connectivity index (χ3n) is 4.17. The van der Waals surface area contributed by atoms with E-state index in [0.29, 0.717) is 5.56 Å². The summed E-state index contributed by atoms with van der Waals surface area (Å²) in [4.78, 5) is 34.8. The van der Waals surface area contributed by atoms with Crippen LogP contribution in [0.2, 0.25) is 0 Å². The fourth-order valence-electron chi connectivity index (χ4n) is 2.54. The Morgan fingerprint density at radius 1 is 1.09 bits per heavy atom. The van der Waals surface area contributed by atoms with Crippen molar-refractivity contribution in [2.45, 2.75) is 19.1 Å². The van der Waals surface area contributed by atoms with Gasteiger partial charge >= 0.3 is 6.18 Å². The van der Waals surface area contributed by atoms with Crippen LogP contribution in [0.1, 0.15) is 23.0 Å². The molecule has 0 fully saturated rings. The molecule has 2 amide bonds. The highest BCUT2D eigenvalue weighted by Gasteiger charge is 2.35. The van der Waals surface area contributed by atoms with Crippen LogP contribution in [0.25, 0.3) is 11.4 Å². The van der Waals surface area contributed by atoms with Crippen LogP contribution in [-0.2, 0) is 11.0 Å². The average Bonchev–Trinajstić information content (AvgIpc) is 2.73. The van der Waals surface area contributed by atoms with Crippen LogP contribution in [0.4, 0.5) is 19.0 Å². The molecule has 2 heterocycles. The monoisotopic (exact) mass is 446 g/mol. The van der Waals surface area contributed by atoms with Crippen molar-refractivity contribution in [1.29, 1.82) is 0 Å². The molecule has 1 aromatic carbocycles. The summed E-state index contributed by atoms with van der Waals surface area (Å²) in [6, 6.07) is 8.25. The van der Waals surface area contributed by atoms with Gasteiger partial charge in [-0.25, -0.2) is 15.0 Å². The molecule has 0 aliphatic heterocycles.